The Labute approximate surface area is 54.4 Å². The van der Waals surface area contributed by atoms with Crippen molar-refractivity contribution in [2.45, 2.75) is 31.5 Å². The summed E-state index contributed by atoms with van der Waals surface area (Å²) in [5.74, 6) is 0.843. The maximum Gasteiger partial charge on any atom is 0.118 e. The molecule has 0 spiro atoms. The first kappa shape index (κ1) is 5.66. The second-order valence-corrected chi connectivity index (χ2v) is 3.35. The molecule has 2 N–H and O–H groups in total. The molecule has 0 aromatic carbocycles. The van der Waals surface area contributed by atoms with E-state index < -0.39 is 6.17 Å². The lowest BCUT2D eigenvalue weighted by Gasteiger charge is -2.20. The highest BCUT2D eigenvalue weighted by molar-refractivity contribution is 4.99. The van der Waals surface area contributed by atoms with Crippen molar-refractivity contribution < 1.29 is 4.39 Å². The Hall–Kier alpha value is -0.110. The lowest BCUT2D eigenvalue weighted by Crippen LogP contribution is -2.36. The van der Waals surface area contributed by atoms with Crippen molar-refractivity contribution in [2.24, 2.45) is 17.6 Å². The first-order valence-corrected chi connectivity index (χ1v) is 3.68. The highest BCUT2D eigenvalue weighted by atomic mass is 19.1. The van der Waals surface area contributed by atoms with Crippen LogP contribution >= 0.6 is 0 Å². The van der Waals surface area contributed by atoms with E-state index in [2.05, 4.69) is 0 Å². The van der Waals surface area contributed by atoms with Crippen molar-refractivity contribution in [3.05, 3.63) is 0 Å². The van der Waals surface area contributed by atoms with E-state index in [1.807, 2.05) is 0 Å². The molecule has 2 saturated carbocycles. The summed E-state index contributed by atoms with van der Waals surface area (Å²) in [6, 6.07) is -0.122. The Morgan fingerprint density at radius 3 is 2.22 bits per heavy atom. The minimum Gasteiger partial charge on any atom is -0.325 e. The molecule has 52 valence electrons. The van der Waals surface area contributed by atoms with Crippen LogP contribution < -0.4 is 5.73 Å². The molecular weight excluding hydrogens is 117 g/mol. The van der Waals surface area contributed by atoms with Crippen molar-refractivity contribution in [3.63, 3.8) is 0 Å². The molecule has 9 heavy (non-hydrogen) atoms. The predicted octanol–water partition coefficient (Wildman–Crippen LogP) is 1.08. The topological polar surface area (TPSA) is 26.0 Å². The van der Waals surface area contributed by atoms with Crippen molar-refractivity contribution in [3.8, 4) is 0 Å². The van der Waals surface area contributed by atoms with Crippen LogP contribution in [0.3, 0.4) is 0 Å². The summed E-state index contributed by atoms with van der Waals surface area (Å²) >= 11 is 0. The molecule has 2 aliphatic carbocycles. The summed E-state index contributed by atoms with van der Waals surface area (Å²) < 4.78 is 12.9. The van der Waals surface area contributed by atoms with Crippen molar-refractivity contribution in [2.75, 3.05) is 0 Å². The van der Waals surface area contributed by atoms with Crippen LogP contribution in [-0.2, 0) is 0 Å². The molecule has 4 unspecified atom stereocenters. The van der Waals surface area contributed by atoms with Gasteiger partial charge in [0.1, 0.15) is 6.17 Å². The third-order valence-electron chi connectivity index (χ3n) is 2.88. The second kappa shape index (κ2) is 1.69. The third kappa shape index (κ3) is 0.627. The summed E-state index contributed by atoms with van der Waals surface area (Å²) in [5.41, 5.74) is 5.59. The number of nitrogens with two attached hydrogens (primary N) is 1. The van der Waals surface area contributed by atoms with Gasteiger partial charge in [-0.15, -0.1) is 0 Å². The summed E-state index contributed by atoms with van der Waals surface area (Å²) in [5, 5.41) is 0. The maximum absolute atomic E-state index is 12.9. The number of hydrogen-bond acceptors (Lipinski definition) is 1. The highest BCUT2D eigenvalue weighted by Gasteiger charge is 2.45. The zero-order valence-corrected chi connectivity index (χ0v) is 5.39. The lowest BCUT2D eigenvalue weighted by molar-refractivity contribution is 0.202. The Kier molecular flexibility index (Phi) is 1.06. The Morgan fingerprint density at radius 2 is 1.89 bits per heavy atom. The molecule has 2 fully saturated rings. The van der Waals surface area contributed by atoms with Gasteiger partial charge in [-0.05, 0) is 31.1 Å². The number of halogens is 1. The quantitative estimate of drug-likeness (QED) is 0.520. The predicted molar refractivity (Wildman–Crippen MR) is 33.7 cm³/mol. The molecular formula is C7H12FN. The second-order valence-electron chi connectivity index (χ2n) is 3.35. The summed E-state index contributed by atoms with van der Waals surface area (Å²) in [7, 11) is 0. The third-order valence-corrected chi connectivity index (χ3v) is 2.88. The molecule has 4 atom stereocenters. The summed E-state index contributed by atoms with van der Waals surface area (Å²) in [4.78, 5) is 0. The Balaban J connectivity index is 2.15. The highest BCUT2D eigenvalue weighted by Crippen LogP contribution is 2.45. The van der Waals surface area contributed by atoms with Crippen LogP contribution in [0.4, 0.5) is 4.39 Å². The first-order valence-electron chi connectivity index (χ1n) is 3.68. The molecule has 2 aliphatic rings. The van der Waals surface area contributed by atoms with Gasteiger partial charge in [0, 0.05) is 6.04 Å². The van der Waals surface area contributed by atoms with Crippen LogP contribution in [0.2, 0.25) is 0 Å². The fraction of sp³-hybridized carbons (Fsp3) is 1.00. The number of alkyl halides is 1. The number of rotatable bonds is 0. The van der Waals surface area contributed by atoms with Gasteiger partial charge < -0.3 is 5.73 Å². The van der Waals surface area contributed by atoms with Gasteiger partial charge in [0.2, 0.25) is 0 Å². The Bertz CT molecular complexity index is 108. The molecule has 2 bridgehead atoms. The average Bonchev–Trinajstić information content (AvgIpc) is 2.37. The molecule has 2 heteroatoms. The first-order chi connectivity index (χ1) is 4.29. The summed E-state index contributed by atoms with van der Waals surface area (Å²) in [6.45, 7) is 0. The molecule has 0 aromatic heterocycles. The minimum atomic E-state index is -0.677. The van der Waals surface area contributed by atoms with E-state index in [0.717, 1.165) is 12.8 Å². The molecule has 0 aliphatic heterocycles. The van der Waals surface area contributed by atoms with Gasteiger partial charge in [0.05, 0.1) is 0 Å². The fourth-order valence-electron chi connectivity index (χ4n) is 2.27. The van der Waals surface area contributed by atoms with E-state index in [1.54, 1.807) is 0 Å². The van der Waals surface area contributed by atoms with Crippen molar-refractivity contribution in [1.29, 1.82) is 0 Å². The van der Waals surface area contributed by atoms with Gasteiger partial charge in [-0.2, -0.15) is 0 Å². The summed E-state index contributed by atoms with van der Waals surface area (Å²) in [6.07, 6.45) is 2.64. The van der Waals surface area contributed by atoms with Gasteiger partial charge >= 0.3 is 0 Å². The van der Waals surface area contributed by atoms with E-state index >= 15 is 0 Å². The monoisotopic (exact) mass is 129 g/mol. The van der Waals surface area contributed by atoms with E-state index in [0.29, 0.717) is 11.8 Å². The van der Waals surface area contributed by atoms with Crippen LogP contribution in [0.1, 0.15) is 19.3 Å². The molecule has 0 amide bonds. The zero-order valence-electron chi connectivity index (χ0n) is 5.39. The largest absolute Gasteiger partial charge is 0.325 e. The van der Waals surface area contributed by atoms with Gasteiger partial charge in [0.25, 0.3) is 0 Å². The van der Waals surface area contributed by atoms with Crippen LogP contribution in [0.25, 0.3) is 0 Å². The van der Waals surface area contributed by atoms with Crippen LogP contribution in [0.5, 0.6) is 0 Å². The van der Waals surface area contributed by atoms with E-state index in [1.165, 1.54) is 6.42 Å². The normalized spacial score (nSPS) is 56.7. The molecule has 0 saturated heterocycles. The van der Waals surface area contributed by atoms with Gasteiger partial charge in [-0.25, -0.2) is 4.39 Å². The van der Waals surface area contributed by atoms with Crippen LogP contribution in [0, 0.1) is 11.8 Å². The molecule has 2 rings (SSSR count). The minimum absolute atomic E-state index is 0.122. The average molecular weight is 129 g/mol. The van der Waals surface area contributed by atoms with Crippen molar-refractivity contribution in [1.82, 2.24) is 0 Å². The maximum atomic E-state index is 12.9. The van der Waals surface area contributed by atoms with E-state index in [9.17, 15) is 4.39 Å². The molecule has 0 heterocycles. The van der Waals surface area contributed by atoms with Gasteiger partial charge in [-0.1, -0.05) is 0 Å². The molecule has 0 radical (unpaired) electrons. The van der Waals surface area contributed by atoms with Crippen LogP contribution in [-0.4, -0.2) is 12.2 Å². The lowest BCUT2D eigenvalue weighted by atomic mass is 9.95. The standard InChI is InChI=1S/C7H12FN/c8-6-4-1-2-5(3-4)7(6)9/h4-7H,1-3,9H2. The van der Waals surface area contributed by atoms with Crippen molar-refractivity contribution >= 4 is 0 Å². The zero-order chi connectivity index (χ0) is 6.43. The van der Waals surface area contributed by atoms with Gasteiger partial charge in [-0.3, -0.25) is 0 Å². The molecule has 0 aromatic rings. The van der Waals surface area contributed by atoms with Gasteiger partial charge in [0.15, 0.2) is 0 Å². The SMILES string of the molecule is NC1C2CCC(C2)C1F. The number of hydrogen-bond donors (Lipinski definition) is 1. The van der Waals surface area contributed by atoms with Crippen LogP contribution in [0.15, 0.2) is 0 Å². The van der Waals surface area contributed by atoms with E-state index in [4.69, 9.17) is 5.73 Å². The van der Waals surface area contributed by atoms with E-state index in [-0.39, 0.29) is 6.04 Å². The molecule has 1 nitrogen and oxygen atoms in total. The smallest absolute Gasteiger partial charge is 0.118 e. The Morgan fingerprint density at radius 1 is 1.22 bits per heavy atom. The number of fused-ring (bicyclic) bond motifs is 2. The fourth-order valence-corrected chi connectivity index (χ4v) is 2.27.